The van der Waals surface area contributed by atoms with E-state index in [-0.39, 0.29) is 0 Å². The summed E-state index contributed by atoms with van der Waals surface area (Å²) < 4.78 is 8.88. The van der Waals surface area contributed by atoms with E-state index in [1.807, 2.05) is 30.3 Å². The van der Waals surface area contributed by atoms with E-state index in [0.29, 0.717) is 0 Å². The number of rotatable bonds is 0. The second-order valence-corrected chi connectivity index (χ2v) is 3.85. The second kappa shape index (κ2) is 4.46. The summed E-state index contributed by atoms with van der Waals surface area (Å²) in [6.07, 6.45) is 0. The summed E-state index contributed by atoms with van der Waals surface area (Å²) in [5.74, 6) is 0.723. The Morgan fingerprint density at radius 2 is 1.73 bits per heavy atom. The standard InChI is InChI=1S/C8H8N2.H3O4P/c9-8-5-6-3-1-2-4-7(6)10-8;1-5(2,3)4/h1-5,10H,9H2;(H3,1,2,3,4). The lowest BCUT2D eigenvalue weighted by molar-refractivity contribution is 0.275. The minimum absolute atomic E-state index is 0.723. The number of anilines is 1. The number of nitrogens with one attached hydrogen (secondary N) is 1. The fourth-order valence-electron chi connectivity index (χ4n) is 1.10. The van der Waals surface area contributed by atoms with Gasteiger partial charge in [0.1, 0.15) is 5.82 Å². The van der Waals surface area contributed by atoms with Crippen LogP contribution < -0.4 is 5.73 Å². The van der Waals surface area contributed by atoms with Gasteiger partial charge in [0.05, 0.1) is 0 Å². The number of hydrogen-bond acceptors (Lipinski definition) is 2. The van der Waals surface area contributed by atoms with Crippen LogP contribution in [0.1, 0.15) is 0 Å². The molecule has 0 saturated heterocycles. The summed E-state index contributed by atoms with van der Waals surface area (Å²) in [6.45, 7) is 0. The zero-order valence-electron chi connectivity index (χ0n) is 7.66. The number of phosphoric acid groups is 1. The number of H-pyrrole nitrogens is 1. The molecule has 0 radical (unpaired) electrons. The Hall–Kier alpha value is -1.33. The molecular formula is C8H11N2O4P. The van der Waals surface area contributed by atoms with Gasteiger partial charge in [0.15, 0.2) is 0 Å². The average Bonchev–Trinajstić information content (AvgIpc) is 2.40. The summed E-state index contributed by atoms with van der Waals surface area (Å²) in [5.41, 5.74) is 6.63. The molecule has 7 heteroatoms. The number of nitrogens with two attached hydrogens (primary N) is 1. The Kier molecular flexibility index (Phi) is 3.49. The molecule has 0 unspecified atom stereocenters. The lowest BCUT2D eigenvalue weighted by Crippen LogP contribution is -1.80. The Balaban J connectivity index is 0.000000195. The van der Waals surface area contributed by atoms with Gasteiger partial charge in [0.2, 0.25) is 0 Å². The van der Waals surface area contributed by atoms with Crippen LogP contribution in [-0.4, -0.2) is 19.7 Å². The van der Waals surface area contributed by atoms with Gasteiger partial charge in [-0.2, -0.15) is 0 Å². The van der Waals surface area contributed by atoms with Crippen LogP contribution in [-0.2, 0) is 4.57 Å². The van der Waals surface area contributed by atoms with Crippen molar-refractivity contribution in [2.24, 2.45) is 0 Å². The first-order valence-electron chi connectivity index (χ1n) is 3.98. The number of nitrogen functional groups attached to an aromatic ring is 1. The molecule has 82 valence electrons. The molecule has 2 aromatic rings. The highest BCUT2D eigenvalue weighted by atomic mass is 31.2. The van der Waals surface area contributed by atoms with E-state index < -0.39 is 7.82 Å². The van der Waals surface area contributed by atoms with Crippen LogP contribution in [0.2, 0.25) is 0 Å². The van der Waals surface area contributed by atoms with E-state index in [2.05, 4.69) is 4.98 Å². The zero-order valence-corrected chi connectivity index (χ0v) is 8.56. The van der Waals surface area contributed by atoms with Gasteiger partial charge in [-0.3, -0.25) is 0 Å². The monoisotopic (exact) mass is 230 g/mol. The fraction of sp³-hybridized carbons (Fsp3) is 0. The number of aromatic amines is 1. The van der Waals surface area contributed by atoms with Gasteiger partial charge in [0, 0.05) is 10.9 Å². The van der Waals surface area contributed by atoms with Gasteiger partial charge in [-0.25, -0.2) is 4.57 Å². The first-order chi connectivity index (χ1) is 6.86. The van der Waals surface area contributed by atoms with Crippen LogP contribution in [0, 0.1) is 0 Å². The van der Waals surface area contributed by atoms with Crippen LogP contribution in [0.25, 0.3) is 10.9 Å². The number of hydrogen-bond donors (Lipinski definition) is 5. The smallest absolute Gasteiger partial charge is 0.385 e. The second-order valence-electron chi connectivity index (χ2n) is 2.83. The van der Waals surface area contributed by atoms with E-state index in [0.717, 1.165) is 11.3 Å². The largest absolute Gasteiger partial charge is 0.466 e. The van der Waals surface area contributed by atoms with Gasteiger partial charge in [-0.1, -0.05) is 18.2 Å². The van der Waals surface area contributed by atoms with E-state index >= 15 is 0 Å². The van der Waals surface area contributed by atoms with Gasteiger partial charge in [-0.05, 0) is 12.1 Å². The van der Waals surface area contributed by atoms with Crippen molar-refractivity contribution in [1.29, 1.82) is 0 Å². The van der Waals surface area contributed by atoms with Crippen LogP contribution in [0.15, 0.2) is 30.3 Å². The molecule has 0 saturated carbocycles. The van der Waals surface area contributed by atoms with E-state index in [1.165, 1.54) is 5.39 Å². The molecule has 0 atom stereocenters. The molecule has 0 aliphatic carbocycles. The summed E-state index contributed by atoms with van der Waals surface area (Å²) >= 11 is 0. The number of benzene rings is 1. The van der Waals surface area contributed by atoms with Crippen LogP contribution >= 0.6 is 7.82 Å². The normalized spacial score (nSPS) is 10.9. The number of fused-ring (bicyclic) bond motifs is 1. The molecule has 1 aromatic heterocycles. The number of aromatic nitrogens is 1. The third-order valence-corrected chi connectivity index (χ3v) is 1.55. The first kappa shape index (κ1) is 11.7. The highest BCUT2D eigenvalue weighted by Gasteiger charge is 2.00. The molecule has 6 nitrogen and oxygen atoms in total. The molecule has 0 bridgehead atoms. The molecule has 1 aromatic carbocycles. The van der Waals surface area contributed by atoms with Gasteiger partial charge in [0.25, 0.3) is 0 Å². The van der Waals surface area contributed by atoms with E-state index in [4.69, 9.17) is 25.0 Å². The van der Waals surface area contributed by atoms with Gasteiger partial charge < -0.3 is 25.4 Å². The molecule has 0 fully saturated rings. The van der Waals surface area contributed by atoms with Crippen molar-refractivity contribution < 1.29 is 19.2 Å². The predicted octanol–water partition coefficient (Wildman–Crippen LogP) is 0.821. The lowest BCUT2D eigenvalue weighted by Gasteiger charge is -1.83. The molecule has 2 rings (SSSR count). The summed E-state index contributed by atoms with van der Waals surface area (Å²) in [6, 6.07) is 9.94. The topological polar surface area (TPSA) is 120 Å². The average molecular weight is 230 g/mol. The third kappa shape index (κ3) is 4.62. The molecule has 0 amide bonds. The van der Waals surface area contributed by atoms with Crippen molar-refractivity contribution in [3.05, 3.63) is 30.3 Å². The highest BCUT2D eigenvalue weighted by molar-refractivity contribution is 7.45. The van der Waals surface area contributed by atoms with Crippen LogP contribution in [0.3, 0.4) is 0 Å². The Labute approximate surface area is 85.6 Å². The van der Waals surface area contributed by atoms with Crippen LogP contribution in [0.4, 0.5) is 5.82 Å². The summed E-state index contributed by atoms with van der Waals surface area (Å²) in [5, 5.41) is 1.17. The first-order valence-corrected chi connectivity index (χ1v) is 5.54. The molecule has 1 heterocycles. The van der Waals surface area contributed by atoms with Gasteiger partial charge in [-0.15, -0.1) is 0 Å². The fourth-order valence-corrected chi connectivity index (χ4v) is 1.10. The van der Waals surface area contributed by atoms with E-state index in [1.54, 1.807) is 0 Å². The van der Waals surface area contributed by atoms with Crippen molar-refractivity contribution in [2.45, 2.75) is 0 Å². The predicted molar refractivity (Wildman–Crippen MR) is 57.0 cm³/mol. The lowest BCUT2D eigenvalue weighted by atomic mass is 10.3. The van der Waals surface area contributed by atoms with Crippen LogP contribution in [0.5, 0.6) is 0 Å². The van der Waals surface area contributed by atoms with Crippen molar-refractivity contribution in [3.63, 3.8) is 0 Å². The van der Waals surface area contributed by atoms with Crippen molar-refractivity contribution in [2.75, 3.05) is 5.73 Å². The summed E-state index contributed by atoms with van der Waals surface area (Å²) in [7, 11) is -4.64. The maximum absolute atomic E-state index is 8.88. The SMILES string of the molecule is Nc1cc2ccccc2[nH]1.O=P(O)(O)O. The quantitative estimate of drug-likeness (QED) is 0.429. The highest BCUT2D eigenvalue weighted by Crippen LogP contribution is 2.25. The van der Waals surface area contributed by atoms with Crippen molar-refractivity contribution >= 4 is 24.5 Å². The zero-order chi connectivity index (χ0) is 11.5. The molecular weight excluding hydrogens is 219 g/mol. The third-order valence-electron chi connectivity index (χ3n) is 1.55. The van der Waals surface area contributed by atoms with E-state index in [9.17, 15) is 0 Å². The summed E-state index contributed by atoms with van der Waals surface area (Å²) in [4.78, 5) is 24.6. The minimum atomic E-state index is -4.64. The van der Waals surface area contributed by atoms with Crippen molar-refractivity contribution in [1.82, 2.24) is 4.98 Å². The molecule has 0 spiro atoms. The molecule has 15 heavy (non-hydrogen) atoms. The Morgan fingerprint density at radius 3 is 2.27 bits per heavy atom. The van der Waals surface area contributed by atoms with Crippen molar-refractivity contribution in [3.8, 4) is 0 Å². The Morgan fingerprint density at radius 1 is 1.20 bits per heavy atom. The molecule has 0 aliphatic heterocycles. The number of para-hydroxylation sites is 1. The van der Waals surface area contributed by atoms with Gasteiger partial charge >= 0.3 is 7.82 Å². The molecule has 6 N–H and O–H groups in total. The maximum atomic E-state index is 8.88. The molecule has 0 aliphatic rings. The minimum Gasteiger partial charge on any atom is -0.385 e. The maximum Gasteiger partial charge on any atom is 0.466 e. The Bertz CT molecular complexity index is 449.